The van der Waals surface area contributed by atoms with Gasteiger partial charge in [0, 0.05) is 6.07 Å². The van der Waals surface area contributed by atoms with Gasteiger partial charge in [-0.15, -0.1) is 6.58 Å². The minimum Gasteiger partial charge on any atom is -0.268 e. The Morgan fingerprint density at radius 2 is 2.45 bits per heavy atom. The fourth-order valence-corrected chi connectivity index (χ4v) is 0.804. The molecule has 3 nitrogen and oxygen atoms in total. The van der Waals surface area contributed by atoms with E-state index in [1.165, 1.54) is 10.7 Å². The van der Waals surface area contributed by atoms with Crippen molar-refractivity contribution in [3.63, 3.8) is 0 Å². The van der Waals surface area contributed by atoms with E-state index in [2.05, 4.69) is 11.7 Å². The average Bonchev–Trinajstić information content (AvgIpc) is 1.98. The molecule has 0 N–H and O–H groups in total. The van der Waals surface area contributed by atoms with Crippen LogP contribution in [0.25, 0.3) is 0 Å². The minimum absolute atomic E-state index is 0.0875. The maximum absolute atomic E-state index is 11.0. The van der Waals surface area contributed by atoms with Crippen molar-refractivity contribution in [2.75, 3.05) is 0 Å². The molecule has 1 rings (SSSR count). The number of rotatable bonds is 2. The lowest BCUT2D eigenvalue weighted by Gasteiger charge is -1.99. The number of allylic oxidation sites excluding steroid dienone is 1. The van der Waals surface area contributed by atoms with Gasteiger partial charge in [0.25, 0.3) is 5.56 Å². The summed E-state index contributed by atoms with van der Waals surface area (Å²) in [5.74, 6) is 0. The van der Waals surface area contributed by atoms with Crippen molar-refractivity contribution in [2.24, 2.45) is 0 Å². The van der Waals surface area contributed by atoms with Gasteiger partial charge in [0.1, 0.15) is 0 Å². The summed E-state index contributed by atoms with van der Waals surface area (Å²) in [7, 11) is 0. The molecule has 0 spiro atoms. The van der Waals surface area contributed by atoms with Gasteiger partial charge in [0.2, 0.25) is 0 Å². The van der Waals surface area contributed by atoms with Crippen LogP contribution in [-0.2, 0) is 6.54 Å². The largest absolute Gasteiger partial charge is 0.268 e. The highest BCUT2D eigenvalue weighted by Crippen LogP contribution is 1.85. The molecular formula is C8H10N2O. The van der Waals surface area contributed by atoms with E-state index in [9.17, 15) is 4.79 Å². The first-order valence-electron chi connectivity index (χ1n) is 3.39. The standard InChI is InChI=1S/C8H10N2O/c1-3-6-10-8(11)5-4-7(2)9-10/h3-5H,1,6H2,2H3. The Labute approximate surface area is 65.0 Å². The molecule has 0 aliphatic rings. The molecule has 0 aromatic carbocycles. The van der Waals surface area contributed by atoms with Crippen molar-refractivity contribution in [3.05, 3.63) is 40.8 Å². The van der Waals surface area contributed by atoms with Crippen LogP contribution in [0.1, 0.15) is 5.69 Å². The molecule has 1 heterocycles. The molecular weight excluding hydrogens is 140 g/mol. The lowest BCUT2D eigenvalue weighted by molar-refractivity contribution is 0.640. The number of hydrogen-bond acceptors (Lipinski definition) is 2. The van der Waals surface area contributed by atoms with Gasteiger partial charge in [-0.1, -0.05) is 6.08 Å². The van der Waals surface area contributed by atoms with Crippen LogP contribution in [0.5, 0.6) is 0 Å². The Morgan fingerprint density at radius 3 is 3.09 bits per heavy atom. The Hall–Kier alpha value is -1.38. The molecule has 0 amide bonds. The van der Waals surface area contributed by atoms with Crippen LogP contribution in [-0.4, -0.2) is 9.78 Å². The lowest BCUT2D eigenvalue weighted by Crippen LogP contribution is -2.21. The smallest absolute Gasteiger partial charge is 0.267 e. The summed E-state index contributed by atoms with van der Waals surface area (Å²) in [5.41, 5.74) is 0.752. The van der Waals surface area contributed by atoms with Crippen LogP contribution in [0.3, 0.4) is 0 Å². The molecule has 0 aliphatic heterocycles. The van der Waals surface area contributed by atoms with Gasteiger partial charge >= 0.3 is 0 Å². The molecule has 58 valence electrons. The highest BCUT2D eigenvalue weighted by atomic mass is 16.1. The second-order valence-electron chi connectivity index (χ2n) is 2.28. The molecule has 0 atom stereocenters. The third kappa shape index (κ3) is 1.77. The first kappa shape index (κ1) is 7.72. The SMILES string of the molecule is C=CCn1nc(C)ccc1=O. The number of aromatic nitrogens is 2. The zero-order chi connectivity index (χ0) is 8.27. The first-order chi connectivity index (χ1) is 5.24. The molecule has 3 heteroatoms. The Bertz CT molecular complexity index is 314. The maximum Gasteiger partial charge on any atom is 0.267 e. The van der Waals surface area contributed by atoms with Crippen molar-refractivity contribution in [3.8, 4) is 0 Å². The van der Waals surface area contributed by atoms with E-state index in [4.69, 9.17) is 0 Å². The van der Waals surface area contributed by atoms with Crippen LogP contribution in [0, 0.1) is 6.92 Å². The average molecular weight is 150 g/mol. The van der Waals surface area contributed by atoms with E-state index in [0.717, 1.165) is 5.69 Å². The predicted molar refractivity (Wildman–Crippen MR) is 43.4 cm³/mol. The molecule has 0 saturated heterocycles. The molecule has 0 bridgehead atoms. The Balaban J connectivity index is 3.12. The topological polar surface area (TPSA) is 34.9 Å². The monoisotopic (exact) mass is 150 g/mol. The molecule has 0 saturated carbocycles. The zero-order valence-electron chi connectivity index (χ0n) is 6.45. The van der Waals surface area contributed by atoms with Crippen molar-refractivity contribution < 1.29 is 0 Å². The van der Waals surface area contributed by atoms with E-state index in [1.807, 2.05) is 6.92 Å². The lowest BCUT2D eigenvalue weighted by atomic mass is 10.4. The molecule has 1 aromatic heterocycles. The summed E-state index contributed by atoms with van der Waals surface area (Å²) in [6, 6.07) is 3.20. The fourth-order valence-electron chi connectivity index (χ4n) is 0.804. The van der Waals surface area contributed by atoms with E-state index in [-0.39, 0.29) is 5.56 Å². The second kappa shape index (κ2) is 3.14. The van der Waals surface area contributed by atoms with Gasteiger partial charge in [-0.2, -0.15) is 5.10 Å². The predicted octanol–water partition coefficient (Wildman–Crippen LogP) is 0.738. The quantitative estimate of drug-likeness (QED) is 0.583. The minimum atomic E-state index is -0.0875. The molecule has 11 heavy (non-hydrogen) atoms. The van der Waals surface area contributed by atoms with Crippen molar-refractivity contribution in [1.29, 1.82) is 0 Å². The summed E-state index contributed by atoms with van der Waals surface area (Å²) in [6.45, 7) is 5.85. The highest BCUT2D eigenvalue weighted by Gasteiger charge is 1.92. The van der Waals surface area contributed by atoms with E-state index >= 15 is 0 Å². The normalized spacial score (nSPS) is 9.55. The number of aryl methyl sites for hydroxylation is 1. The fraction of sp³-hybridized carbons (Fsp3) is 0.250. The van der Waals surface area contributed by atoms with Crippen LogP contribution in [0.4, 0.5) is 0 Å². The summed E-state index contributed by atoms with van der Waals surface area (Å²) in [5, 5.41) is 4.00. The van der Waals surface area contributed by atoms with Gasteiger partial charge in [-0.05, 0) is 13.0 Å². The number of nitrogens with zero attached hydrogens (tertiary/aromatic N) is 2. The zero-order valence-corrected chi connectivity index (χ0v) is 6.45. The Morgan fingerprint density at radius 1 is 1.73 bits per heavy atom. The van der Waals surface area contributed by atoms with Gasteiger partial charge in [0.15, 0.2) is 0 Å². The van der Waals surface area contributed by atoms with Crippen LogP contribution in [0.2, 0.25) is 0 Å². The summed E-state index contributed by atoms with van der Waals surface area (Å²) in [4.78, 5) is 11.0. The molecule has 0 unspecified atom stereocenters. The van der Waals surface area contributed by atoms with Crippen molar-refractivity contribution in [2.45, 2.75) is 13.5 Å². The van der Waals surface area contributed by atoms with Crippen molar-refractivity contribution in [1.82, 2.24) is 9.78 Å². The third-order valence-corrected chi connectivity index (χ3v) is 1.30. The Kier molecular flexibility index (Phi) is 2.21. The van der Waals surface area contributed by atoms with E-state index in [1.54, 1.807) is 12.1 Å². The van der Waals surface area contributed by atoms with Gasteiger partial charge < -0.3 is 0 Å². The summed E-state index contributed by atoms with van der Waals surface area (Å²) >= 11 is 0. The first-order valence-corrected chi connectivity index (χ1v) is 3.39. The van der Waals surface area contributed by atoms with Crippen molar-refractivity contribution >= 4 is 0 Å². The number of hydrogen-bond donors (Lipinski definition) is 0. The van der Waals surface area contributed by atoms with Crippen LogP contribution >= 0.6 is 0 Å². The van der Waals surface area contributed by atoms with Crippen LogP contribution < -0.4 is 5.56 Å². The molecule has 0 radical (unpaired) electrons. The van der Waals surface area contributed by atoms with Gasteiger partial charge in [0.05, 0.1) is 12.2 Å². The highest BCUT2D eigenvalue weighted by molar-refractivity contribution is 4.97. The molecule has 0 fully saturated rings. The van der Waals surface area contributed by atoms with Crippen LogP contribution in [0.15, 0.2) is 29.6 Å². The molecule has 1 aromatic rings. The maximum atomic E-state index is 11.0. The summed E-state index contributed by atoms with van der Waals surface area (Å²) < 4.78 is 1.38. The van der Waals surface area contributed by atoms with E-state index in [0.29, 0.717) is 6.54 Å². The van der Waals surface area contributed by atoms with Gasteiger partial charge in [-0.3, -0.25) is 4.79 Å². The summed E-state index contributed by atoms with van der Waals surface area (Å²) in [6.07, 6.45) is 1.65. The van der Waals surface area contributed by atoms with E-state index < -0.39 is 0 Å². The van der Waals surface area contributed by atoms with Gasteiger partial charge in [-0.25, -0.2) is 4.68 Å². The molecule has 0 aliphatic carbocycles. The second-order valence-corrected chi connectivity index (χ2v) is 2.28. The third-order valence-electron chi connectivity index (χ3n) is 1.30.